The third-order valence-electron chi connectivity index (χ3n) is 6.89. The van der Waals surface area contributed by atoms with Crippen LogP contribution in [0.5, 0.6) is 0 Å². The van der Waals surface area contributed by atoms with E-state index in [1.54, 1.807) is 55.1 Å². The molecule has 0 unspecified atom stereocenters. The fourth-order valence-electron chi connectivity index (χ4n) is 4.60. The lowest BCUT2D eigenvalue weighted by molar-refractivity contribution is -0.120. The van der Waals surface area contributed by atoms with Crippen LogP contribution in [-0.4, -0.2) is 21.2 Å². The molecule has 1 N–H and O–H groups in total. The number of aryl methyl sites for hydroxylation is 1. The highest BCUT2D eigenvalue weighted by atomic mass is 35.5. The number of halogens is 1. The fourth-order valence-corrected chi connectivity index (χ4v) is 5.65. The Balaban J connectivity index is 1.55. The van der Waals surface area contributed by atoms with Gasteiger partial charge in [-0.15, -0.1) is 0 Å². The van der Waals surface area contributed by atoms with Gasteiger partial charge in [-0.05, 0) is 73.9 Å². The van der Waals surface area contributed by atoms with Crippen LogP contribution < -0.4 is 15.8 Å². The zero-order chi connectivity index (χ0) is 28.4. The molecule has 0 spiro atoms. The van der Waals surface area contributed by atoms with Gasteiger partial charge in [0.2, 0.25) is 0 Å². The number of hydrogen-bond acceptors (Lipinski definition) is 5. The molecule has 4 aromatic rings. The summed E-state index contributed by atoms with van der Waals surface area (Å²) in [6, 6.07) is 23.8. The number of para-hydroxylation sites is 1. The standard InChI is InChI=1S/C31H29ClN4O3S/c1-4-5-9-21-12-16-23(17-13-21)35-29(37)27(28(31(35)39)40-25-18-14-22(32)15-19-25)33-26-20(2)34(3)36(30(26)38)24-10-7-6-8-11-24/h6-8,10-19,33H,4-5,9H2,1-3H3. The number of carbonyl (C=O) groups is 2. The highest BCUT2D eigenvalue weighted by Crippen LogP contribution is 2.38. The van der Waals surface area contributed by atoms with Gasteiger partial charge < -0.3 is 5.32 Å². The minimum atomic E-state index is -0.517. The molecule has 0 fully saturated rings. The van der Waals surface area contributed by atoms with E-state index in [4.69, 9.17) is 11.6 Å². The van der Waals surface area contributed by atoms with E-state index in [9.17, 15) is 14.4 Å². The minimum absolute atomic E-state index is 0.0611. The summed E-state index contributed by atoms with van der Waals surface area (Å²) in [6.07, 6.45) is 3.08. The molecule has 0 saturated carbocycles. The summed E-state index contributed by atoms with van der Waals surface area (Å²) in [6.45, 7) is 3.93. The van der Waals surface area contributed by atoms with Gasteiger partial charge in [0.1, 0.15) is 16.3 Å². The number of nitrogens with zero attached hydrogens (tertiary/aromatic N) is 3. The molecule has 0 aliphatic carbocycles. The zero-order valence-corrected chi connectivity index (χ0v) is 24.1. The van der Waals surface area contributed by atoms with Crippen molar-refractivity contribution in [1.82, 2.24) is 9.36 Å². The fraction of sp³-hybridized carbons (Fsp3) is 0.194. The topological polar surface area (TPSA) is 76.3 Å². The Morgan fingerprint density at radius 2 is 1.52 bits per heavy atom. The van der Waals surface area contributed by atoms with Crippen molar-refractivity contribution in [2.75, 3.05) is 10.2 Å². The van der Waals surface area contributed by atoms with Crippen molar-refractivity contribution in [1.29, 1.82) is 0 Å². The Morgan fingerprint density at radius 1 is 0.850 bits per heavy atom. The lowest BCUT2D eigenvalue weighted by atomic mass is 10.1. The summed E-state index contributed by atoms with van der Waals surface area (Å²) in [5.41, 5.74) is 2.90. The number of unbranched alkanes of at least 4 members (excludes halogenated alkanes) is 1. The highest BCUT2D eigenvalue weighted by Gasteiger charge is 2.41. The molecular formula is C31H29ClN4O3S. The number of thioether (sulfide) groups is 1. The van der Waals surface area contributed by atoms with Gasteiger partial charge in [-0.3, -0.25) is 19.1 Å². The van der Waals surface area contributed by atoms with Crippen LogP contribution in [0.1, 0.15) is 31.0 Å². The van der Waals surface area contributed by atoms with Gasteiger partial charge >= 0.3 is 0 Å². The normalized spacial score (nSPS) is 13.4. The van der Waals surface area contributed by atoms with Gasteiger partial charge in [0.05, 0.1) is 17.1 Å². The molecule has 9 heteroatoms. The maximum absolute atomic E-state index is 13.9. The second kappa shape index (κ2) is 11.6. The third-order valence-corrected chi connectivity index (χ3v) is 8.24. The molecular weight excluding hydrogens is 544 g/mol. The van der Waals surface area contributed by atoms with Crippen LogP contribution in [0.3, 0.4) is 0 Å². The zero-order valence-electron chi connectivity index (χ0n) is 22.5. The van der Waals surface area contributed by atoms with E-state index in [-0.39, 0.29) is 21.8 Å². The molecule has 1 aromatic heterocycles. The van der Waals surface area contributed by atoms with Crippen LogP contribution in [0.15, 0.2) is 99.2 Å². The number of benzene rings is 3. The monoisotopic (exact) mass is 572 g/mol. The number of aromatic nitrogens is 2. The number of nitrogens with one attached hydrogen (secondary N) is 1. The Bertz CT molecular complexity index is 1660. The molecule has 1 aliphatic heterocycles. The SMILES string of the molecule is CCCCc1ccc(N2C(=O)C(Nc3c(C)n(C)n(-c4ccccc4)c3=O)=C(Sc3ccc(Cl)cc3)C2=O)cc1. The first kappa shape index (κ1) is 27.6. The second-order valence-electron chi connectivity index (χ2n) is 9.54. The van der Waals surface area contributed by atoms with E-state index in [0.29, 0.717) is 22.1 Å². The maximum atomic E-state index is 13.9. The van der Waals surface area contributed by atoms with Crippen LogP contribution >= 0.6 is 23.4 Å². The molecule has 204 valence electrons. The summed E-state index contributed by atoms with van der Waals surface area (Å²) in [5.74, 6) is -0.970. The Hall–Kier alpha value is -4.01. The number of rotatable bonds is 9. The van der Waals surface area contributed by atoms with Crippen molar-refractivity contribution < 1.29 is 9.59 Å². The minimum Gasteiger partial charge on any atom is -0.344 e. The molecule has 5 rings (SSSR count). The number of amides is 2. The average Bonchev–Trinajstić information content (AvgIpc) is 3.32. The summed E-state index contributed by atoms with van der Waals surface area (Å²) < 4.78 is 3.25. The van der Waals surface area contributed by atoms with Crippen molar-refractivity contribution in [3.05, 3.63) is 116 Å². The van der Waals surface area contributed by atoms with Crippen LogP contribution in [0.2, 0.25) is 5.02 Å². The summed E-state index contributed by atoms with van der Waals surface area (Å²) in [5, 5.41) is 3.64. The lowest BCUT2D eigenvalue weighted by Gasteiger charge is -2.16. The van der Waals surface area contributed by atoms with E-state index < -0.39 is 11.8 Å². The Morgan fingerprint density at radius 3 is 2.17 bits per heavy atom. The highest BCUT2D eigenvalue weighted by molar-refractivity contribution is 8.04. The van der Waals surface area contributed by atoms with Crippen LogP contribution in [-0.2, 0) is 23.1 Å². The van der Waals surface area contributed by atoms with Crippen LogP contribution in [0, 0.1) is 6.92 Å². The number of hydrogen-bond donors (Lipinski definition) is 1. The van der Waals surface area contributed by atoms with Gasteiger partial charge in [-0.1, -0.05) is 67.0 Å². The van der Waals surface area contributed by atoms with Crippen LogP contribution in [0.4, 0.5) is 11.4 Å². The van der Waals surface area contributed by atoms with Crippen molar-refractivity contribution in [2.45, 2.75) is 38.0 Å². The molecule has 0 bridgehead atoms. The summed E-state index contributed by atoms with van der Waals surface area (Å²) in [7, 11) is 1.78. The summed E-state index contributed by atoms with van der Waals surface area (Å²) >= 11 is 7.23. The first-order valence-corrected chi connectivity index (χ1v) is 14.3. The number of imide groups is 1. The number of carbonyl (C=O) groups excluding carboxylic acids is 2. The Labute approximate surface area is 242 Å². The maximum Gasteiger partial charge on any atom is 0.295 e. The predicted octanol–water partition coefficient (Wildman–Crippen LogP) is 6.47. The largest absolute Gasteiger partial charge is 0.344 e. The molecule has 1 aliphatic rings. The van der Waals surface area contributed by atoms with Gasteiger partial charge in [0.25, 0.3) is 17.4 Å². The summed E-state index contributed by atoms with van der Waals surface area (Å²) in [4.78, 5) is 43.3. The predicted molar refractivity (Wildman–Crippen MR) is 161 cm³/mol. The molecule has 0 atom stereocenters. The number of anilines is 2. The van der Waals surface area contributed by atoms with Crippen molar-refractivity contribution in [2.24, 2.45) is 7.05 Å². The lowest BCUT2D eigenvalue weighted by Crippen LogP contribution is -2.32. The van der Waals surface area contributed by atoms with Crippen molar-refractivity contribution in [3.63, 3.8) is 0 Å². The molecule has 0 saturated heterocycles. The van der Waals surface area contributed by atoms with E-state index in [1.165, 1.54) is 4.68 Å². The first-order chi connectivity index (χ1) is 19.3. The van der Waals surface area contributed by atoms with E-state index in [0.717, 1.165) is 46.4 Å². The molecule has 2 heterocycles. The molecule has 3 aromatic carbocycles. The molecule has 7 nitrogen and oxygen atoms in total. The molecule has 40 heavy (non-hydrogen) atoms. The van der Waals surface area contributed by atoms with E-state index in [1.807, 2.05) is 42.5 Å². The first-order valence-electron chi connectivity index (χ1n) is 13.1. The van der Waals surface area contributed by atoms with E-state index >= 15 is 0 Å². The average molecular weight is 573 g/mol. The van der Waals surface area contributed by atoms with Crippen molar-refractivity contribution >= 4 is 46.6 Å². The van der Waals surface area contributed by atoms with Crippen molar-refractivity contribution in [3.8, 4) is 5.69 Å². The molecule has 2 amide bonds. The third kappa shape index (κ3) is 5.24. The van der Waals surface area contributed by atoms with Gasteiger partial charge in [0, 0.05) is 17.0 Å². The smallest absolute Gasteiger partial charge is 0.295 e. The van der Waals surface area contributed by atoms with Crippen LogP contribution in [0.25, 0.3) is 5.69 Å². The molecule has 0 radical (unpaired) electrons. The quantitative estimate of drug-likeness (QED) is 0.233. The Kier molecular flexibility index (Phi) is 8.00. The van der Waals surface area contributed by atoms with Gasteiger partial charge in [0.15, 0.2) is 0 Å². The van der Waals surface area contributed by atoms with Gasteiger partial charge in [-0.25, -0.2) is 9.58 Å². The van der Waals surface area contributed by atoms with E-state index in [2.05, 4.69) is 12.2 Å². The second-order valence-corrected chi connectivity index (χ2v) is 11.1. The van der Waals surface area contributed by atoms with Gasteiger partial charge in [-0.2, -0.15) is 0 Å².